The maximum absolute atomic E-state index is 5.37. The van der Waals surface area contributed by atoms with E-state index in [9.17, 15) is 0 Å². The van der Waals surface area contributed by atoms with Crippen LogP contribution in [0.1, 0.15) is 12.5 Å². The highest BCUT2D eigenvalue weighted by Crippen LogP contribution is 2.22. The summed E-state index contributed by atoms with van der Waals surface area (Å²) < 4.78 is 5.17. The van der Waals surface area contributed by atoms with E-state index in [2.05, 4.69) is 17.1 Å². The van der Waals surface area contributed by atoms with Crippen molar-refractivity contribution in [1.29, 1.82) is 0 Å². The summed E-state index contributed by atoms with van der Waals surface area (Å²) in [4.78, 5) is 0. The molecule has 4 nitrogen and oxygen atoms in total. The van der Waals surface area contributed by atoms with Gasteiger partial charge in [0.2, 0.25) is 5.89 Å². The van der Waals surface area contributed by atoms with Crippen molar-refractivity contribution < 1.29 is 4.42 Å². The third kappa shape index (κ3) is 1.46. The molecule has 72 valence electrons. The van der Waals surface area contributed by atoms with Gasteiger partial charge in [-0.25, -0.2) is 0 Å². The van der Waals surface area contributed by atoms with E-state index >= 15 is 0 Å². The predicted octanol–water partition coefficient (Wildman–Crippen LogP) is 1.88. The Morgan fingerprint density at radius 1 is 1.29 bits per heavy atom. The minimum atomic E-state index is 0.103. The van der Waals surface area contributed by atoms with Crippen molar-refractivity contribution in [3.63, 3.8) is 0 Å². The van der Waals surface area contributed by atoms with Crippen LogP contribution in [0.3, 0.4) is 0 Å². The average molecular weight is 189 g/mol. The van der Waals surface area contributed by atoms with Crippen LogP contribution in [0, 0.1) is 0 Å². The van der Waals surface area contributed by atoms with Crippen molar-refractivity contribution in [2.75, 3.05) is 5.73 Å². The lowest BCUT2D eigenvalue weighted by Gasteiger charge is -2.01. The third-order valence-electron chi connectivity index (χ3n) is 2.07. The summed E-state index contributed by atoms with van der Waals surface area (Å²) >= 11 is 0. The molecule has 0 amide bonds. The molecule has 14 heavy (non-hydrogen) atoms. The molecule has 0 saturated carbocycles. The van der Waals surface area contributed by atoms with Crippen molar-refractivity contribution in [3.05, 3.63) is 29.8 Å². The summed E-state index contributed by atoms with van der Waals surface area (Å²) in [5, 5.41) is 7.48. The summed E-state index contributed by atoms with van der Waals surface area (Å²) in [7, 11) is 0. The Morgan fingerprint density at radius 2 is 2.07 bits per heavy atom. The molecule has 0 bridgehead atoms. The number of nitrogens with two attached hydrogens (primary N) is 1. The highest BCUT2D eigenvalue weighted by atomic mass is 16.4. The van der Waals surface area contributed by atoms with Crippen LogP contribution in [0.2, 0.25) is 0 Å². The van der Waals surface area contributed by atoms with Crippen LogP contribution in [0.25, 0.3) is 11.5 Å². The largest absolute Gasteiger partial charge is 0.404 e. The lowest BCUT2D eigenvalue weighted by atomic mass is 10.1. The van der Waals surface area contributed by atoms with Crippen LogP contribution in [0.15, 0.2) is 28.7 Å². The number of rotatable bonds is 2. The zero-order chi connectivity index (χ0) is 9.97. The number of hydrogen-bond acceptors (Lipinski definition) is 4. The molecule has 2 rings (SSSR count). The van der Waals surface area contributed by atoms with Crippen LogP contribution in [-0.2, 0) is 6.42 Å². The van der Waals surface area contributed by atoms with Gasteiger partial charge in [-0.15, -0.1) is 5.10 Å². The van der Waals surface area contributed by atoms with Gasteiger partial charge in [0.15, 0.2) is 0 Å². The minimum absolute atomic E-state index is 0.103. The van der Waals surface area contributed by atoms with E-state index in [1.54, 1.807) is 0 Å². The number of benzene rings is 1. The van der Waals surface area contributed by atoms with Crippen LogP contribution < -0.4 is 5.73 Å². The van der Waals surface area contributed by atoms with Crippen LogP contribution in [-0.4, -0.2) is 10.2 Å². The van der Waals surface area contributed by atoms with Gasteiger partial charge in [-0.2, -0.15) is 0 Å². The molecule has 1 heterocycles. The average Bonchev–Trinajstić information content (AvgIpc) is 2.65. The maximum atomic E-state index is 5.37. The Hall–Kier alpha value is -1.84. The van der Waals surface area contributed by atoms with E-state index < -0.39 is 0 Å². The van der Waals surface area contributed by atoms with Crippen molar-refractivity contribution >= 4 is 6.01 Å². The molecular weight excluding hydrogens is 178 g/mol. The van der Waals surface area contributed by atoms with E-state index in [1.807, 2.05) is 24.3 Å². The van der Waals surface area contributed by atoms with Gasteiger partial charge in [0.05, 0.1) is 0 Å². The van der Waals surface area contributed by atoms with Crippen molar-refractivity contribution in [2.45, 2.75) is 13.3 Å². The van der Waals surface area contributed by atoms with Gasteiger partial charge < -0.3 is 10.2 Å². The first-order chi connectivity index (χ1) is 6.81. The highest BCUT2D eigenvalue weighted by Gasteiger charge is 2.09. The van der Waals surface area contributed by atoms with Gasteiger partial charge in [-0.05, 0) is 18.1 Å². The van der Waals surface area contributed by atoms with Gasteiger partial charge >= 0.3 is 6.01 Å². The van der Waals surface area contributed by atoms with E-state index in [-0.39, 0.29) is 6.01 Å². The molecule has 0 atom stereocenters. The number of hydrogen-bond donors (Lipinski definition) is 1. The Bertz CT molecular complexity index is 436. The first-order valence-corrected chi connectivity index (χ1v) is 4.48. The molecule has 1 aromatic carbocycles. The zero-order valence-corrected chi connectivity index (χ0v) is 7.90. The topological polar surface area (TPSA) is 64.9 Å². The molecule has 2 aromatic rings. The molecule has 0 fully saturated rings. The van der Waals surface area contributed by atoms with Crippen LogP contribution in [0.5, 0.6) is 0 Å². The summed E-state index contributed by atoms with van der Waals surface area (Å²) in [6.07, 6.45) is 0.929. The van der Waals surface area contributed by atoms with Gasteiger partial charge in [-0.1, -0.05) is 30.2 Å². The Balaban J connectivity index is 2.50. The molecule has 0 aliphatic carbocycles. The molecule has 4 heteroatoms. The first kappa shape index (κ1) is 8.74. The lowest BCUT2D eigenvalue weighted by Crippen LogP contribution is -1.86. The highest BCUT2D eigenvalue weighted by molar-refractivity contribution is 5.58. The molecular formula is C10H11N3O. The molecule has 0 aliphatic heterocycles. The van der Waals surface area contributed by atoms with Crippen molar-refractivity contribution in [3.8, 4) is 11.5 Å². The molecule has 2 N–H and O–H groups in total. The number of aryl methyl sites for hydroxylation is 1. The summed E-state index contributed by atoms with van der Waals surface area (Å²) in [6.45, 7) is 2.08. The fourth-order valence-corrected chi connectivity index (χ4v) is 1.38. The SMILES string of the molecule is CCc1ccccc1-c1nnc(N)o1. The van der Waals surface area contributed by atoms with Gasteiger partial charge in [-0.3, -0.25) is 0 Å². The van der Waals surface area contributed by atoms with Crippen molar-refractivity contribution in [1.82, 2.24) is 10.2 Å². The standard InChI is InChI=1S/C10H11N3O/c1-2-7-5-3-4-6-8(7)9-12-13-10(11)14-9/h3-6H,2H2,1H3,(H2,11,13). The first-order valence-electron chi connectivity index (χ1n) is 4.48. The second-order valence-electron chi connectivity index (χ2n) is 2.96. The maximum Gasteiger partial charge on any atom is 0.313 e. The lowest BCUT2D eigenvalue weighted by molar-refractivity contribution is 0.589. The fraction of sp³-hybridized carbons (Fsp3) is 0.200. The van der Waals surface area contributed by atoms with Gasteiger partial charge in [0.25, 0.3) is 0 Å². The van der Waals surface area contributed by atoms with Crippen molar-refractivity contribution in [2.24, 2.45) is 0 Å². The fourth-order valence-electron chi connectivity index (χ4n) is 1.38. The second kappa shape index (κ2) is 3.49. The molecule has 0 radical (unpaired) electrons. The molecule has 0 unspecified atom stereocenters. The smallest absolute Gasteiger partial charge is 0.313 e. The Morgan fingerprint density at radius 3 is 2.71 bits per heavy atom. The molecule has 0 spiro atoms. The molecule has 0 aliphatic rings. The monoisotopic (exact) mass is 189 g/mol. The number of nitrogen functional groups attached to an aromatic ring is 1. The second-order valence-corrected chi connectivity index (χ2v) is 2.96. The number of aromatic nitrogens is 2. The van der Waals surface area contributed by atoms with E-state index in [0.29, 0.717) is 5.89 Å². The number of anilines is 1. The molecule has 1 aromatic heterocycles. The Kier molecular flexibility index (Phi) is 2.18. The van der Waals surface area contributed by atoms with Gasteiger partial charge in [0.1, 0.15) is 0 Å². The summed E-state index contributed by atoms with van der Waals surface area (Å²) in [6, 6.07) is 8.02. The normalized spacial score (nSPS) is 10.4. The third-order valence-corrected chi connectivity index (χ3v) is 2.07. The zero-order valence-electron chi connectivity index (χ0n) is 7.90. The summed E-state index contributed by atoms with van der Waals surface area (Å²) in [5.74, 6) is 0.486. The summed E-state index contributed by atoms with van der Waals surface area (Å²) in [5.41, 5.74) is 7.50. The van der Waals surface area contributed by atoms with E-state index in [0.717, 1.165) is 12.0 Å². The minimum Gasteiger partial charge on any atom is -0.404 e. The van der Waals surface area contributed by atoms with E-state index in [4.69, 9.17) is 10.2 Å². The van der Waals surface area contributed by atoms with Crippen LogP contribution >= 0.6 is 0 Å². The van der Waals surface area contributed by atoms with E-state index in [1.165, 1.54) is 5.56 Å². The quantitative estimate of drug-likeness (QED) is 0.783. The van der Waals surface area contributed by atoms with Crippen LogP contribution in [0.4, 0.5) is 6.01 Å². The number of nitrogens with zero attached hydrogens (tertiary/aromatic N) is 2. The Labute approximate surface area is 81.8 Å². The predicted molar refractivity (Wildman–Crippen MR) is 53.5 cm³/mol. The molecule has 0 saturated heterocycles. The van der Waals surface area contributed by atoms with Gasteiger partial charge in [0, 0.05) is 5.56 Å².